The molecule has 0 aliphatic carbocycles. The molecule has 3 heterocycles. The van der Waals surface area contributed by atoms with Gasteiger partial charge in [0, 0.05) is 31.4 Å². The number of nitrogens with one attached hydrogen (secondary N) is 1. The van der Waals surface area contributed by atoms with E-state index in [4.69, 9.17) is 9.72 Å². The Hall–Kier alpha value is -3.80. The number of amides is 1. The van der Waals surface area contributed by atoms with E-state index in [2.05, 4.69) is 16.3 Å². The third-order valence-corrected chi connectivity index (χ3v) is 6.34. The number of benzene rings is 1. The number of fused-ring (bicyclic) bond motifs is 1. The zero-order valence-corrected chi connectivity index (χ0v) is 21.7. The average molecular weight is 491 g/mol. The molecule has 1 N–H and O–H groups in total. The van der Waals surface area contributed by atoms with Crippen LogP contribution in [-0.2, 0) is 17.8 Å². The molecular weight excluding hydrogens is 456 g/mol. The maximum absolute atomic E-state index is 13.5. The third kappa shape index (κ3) is 5.23. The van der Waals surface area contributed by atoms with Crippen LogP contribution in [-0.4, -0.2) is 44.9 Å². The zero-order chi connectivity index (χ0) is 26.0. The van der Waals surface area contributed by atoms with Crippen LogP contribution >= 0.6 is 0 Å². The molecule has 9 nitrogen and oxygen atoms in total. The summed E-state index contributed by atoms with van der Waals surface area (Å²) in [5.74, 6) is 0. The zero-order valence-electron chi connectivity index (χ0n) is 21.7. The summed E-state index contributed by atoms with van der Waals surface area (Å²) in [7, 11) is 0. The van der Waals surface area contributed by atoms with Crippen molar-refractivity contribution in [1.82, 2.24) is 19.4 Å². The fraction of sp³-hybridized carbons (Fsp3) is 0.481. The number of nitriles is 1. The summed E-state index contributed by atoms with van der Waals surface area (Å²) >= 11 is 0. The van der Waals surface area contributed by atoms with E-state index in [0.717, 1.165) is 41.8 Å². The monoisotopic (exact) mass is 490 g/mol. The van der Waals surface area contributed by atoms with E-state index in [0.29, 0.717) is 24.3 Å². The first-order chi connectivity index (χ1) is 17.1. The van der Waals surface area contributed by atoms with Crippen LogP contribution in [0.4, 0.5) is 10.5 Å². The molecule has 3 aromatic rings. The van der Waals surface area contributed by atoms with Crippen LogP contribution in [0.15, 0.2) is 35.1 Å². The molecule has 1 fully saturated rings. The molecule has 1 aliphatic heterocycles. The summed E-state index contributed by atoms with van der Waals surface area (Å²) in [6.07, 6.45) is 1.31. The van der Waals surface area contributed by atoms with E-state index in [1.54, 1.807) is 15.2 Å². The lowest BCUT2D eigenvalue weighted by atomic mass is 10.0. The van der Waals surface area contributed by atoms with Gasteiger partial charge in [0.15, 0.2) is 5.65 Å². The van der Waals surface area contributed by atoms with E-state index in [9.17, 15) is 14.9 Å². The highest BCUT2D eigenvalue weighted by atomic mass is 16.6. The van der Waals surface area contributed by atoms with Crippen LogP contribution in [0.25, 0.3) is 11.2 Å². The first-order valence-electron chi connectivity index (χ1n) is 12.4. The molecule has 9 heteroatoms. The van der Waals surface area contributed by atoms with Crippen molar-refractivity contribution < 1.29 is 9.53 Å². The first-order valence-corrected chi connectivity index (χ1v) is 12.4. The fourth-order valence-corrected chi connectivity index (χ4v) is 4.81. The van der Waals surface area contributed by atoms with Gasteiger partial charge in [-0.1, -0.05) is 18.2 Å². The van der Waals surface area contributed by atoms with E-state index < -0.39 is 11.7 Å². The quantitative estimate of drug-likeness (QED) is 0.581. The van der Waals surface area contributed by atoms with Gasteiger partial charge in [-0.2, -0.15) is 5.26 Å². The Labute approximate surface area is 211 Å². The van der Waals surface area contributed by atoms with Crippen molar-refractivity contribution in [2.24, 2.45) is 0 Å². The van der Waals surface area contributed by atoms with E-state index in [-0.39, 0.29) is 18.3 Å². The van der Waals surface area contributed by atoms with Gasteiger partial charge in [0.2, 0.25) is 0 Å². The lowest BCUT2D eigenvalue weighted by molar-refractivity contribution is 0.0500. The highest BCUT2D eigenvalue weighted by molar-refractivity contribution is 5.87. The Bertz CT molecular complexity index is 1380. The van der Waals surface area contributed by atoms with Crippen LogP contribution in [0.3, 0.4) is 0 Å². The number of aromatic nitrogens is 3. The summed E-state index contributed by atoms with van der Waals surface area (Å²) in [5.41, 5.74) is 3.72. The number of anilines is 1. The number of imidazole rings is 1. The third-order valence-electron chi connectivity index (χ3n) is 6.34. The number of piperidine rings is 1. The van der Waals surface area contributed by atoms with E-state index >= 15 is 0 Å². The van der Waals surface area contributed by atoms with Gasteiger partial charge in [-0.3, -0.25) is 9.13 Å². The van der Waals surface area contributed by atoms with Crippen molar-refractivity contribution in [1.29, 1.82) is 5.26 Å². The largest absolute Gasteiger partial charge is 0.444 e. The Kier molecular flexibility index (Phi) is 7.07. The molecule has 1 saturated heterocycles. The Morgan fingerprint density at radius 3 is 2.72 bits per heavy atom. The number of carbonyl (C=O) groups excluding carboxylic acids is 1. The minimum Gasteiger partial charge on any atom is -0.444 e. The van der Waals surface area contributed by atoms with Crippen molar-refractivity contribution >= 4 is 22.9 Å². The standard InChI is InChI=1S/C27H34N6O3/c1-6-32-24-23(33(26(32)35)16-20-11-8-7-10-19(20)15-28)22(14-18(2)29-24)31-13-9-12-21(17-31)30-25(34)36-27(3,4)5/h7-8,10-11,14,21H,6,9,12-13,16-17H2,1-5H3,(H,30,34). The van der Waals surface area contributed by atoms with Gasteiger partial charge < -0.3 is 15.0 Å². The lowest BCUT2D eigenvalue weighted by Gasteiger charge is -2.35. The number of alkyl carbamates (subject to hydrolysis) is 1. The predicted molar refractivity (Wildman–Crippen MR) is 139 cm³/mol. The van der Waals surface area contributed by atoms with Gasteiger partial charge in [-0.15, -0.1) is 0 Å². The molecular formula is C27H34N6O3. The molecule has 0 radical (unpaired) electrons. The van der Waals surface area contributed by atoms with Crippen LogP contribution in [0.2, 0.25) is 0 Å². The Balaban J connectivity index is 1.75. The SMILES string of the molecule is CCn1c(=O)n(Cc2ccccc2C#N)c2c(N3CCCC(NC(=O)OC(C)(C)C)C3)cc(C)nc21. The molecule has 190 valence electrons. The number of rotatable bonds is 5. The average Bonchev–Trinajstić information content (AvgIpc) is 3.08. The number of ether oxygens (including phenoxy) is 1. The summed E-state index contributed by atoms with van der Waals surface area (Å²) in [4.78, 5) is 32.9. The van der Waals surface area contributed by atoms with Gasteiger partial charge >= 0.3 is 11.8 Å². The van der Waals surface area contributed by atoms with Crippen molar-refractivity contribution in [3.05, 3.63) is 57.6 Å². The molecule has 0 bridgehead atoms. The topological polar surface area (TPSA) is 105 Å². The fourth-order valence-electron chi connectivity index (χ4n) is 4.81. The summed E-state index contributed by atoms with van der Waals surface area (Å²) < 4.78 is 8.86. The number of hydrogen-bond donors (Lipinski definition) is 1. The molecule has 0 saturated carbocycles. The molecule has 1 amide bonds. The van der Waals surface area contributed by atoms with E-state index in [1.807, 2.05) is 58.9 Å². The summed E-state index contributed by atoms with van der Waals surface area (Å²) in [5, 5.41) is 12.6. The predicted octanol–water partition coefficient (Wildman–Crippen LogP) is 3.94. The highest BCUT2D eigenvalue weighted by Crippen LogP contribution is 2.30. The summed E-state index contributed by atoms with van der Waals surface area (Å²) in [6.45, 7) is 11.5. The van der Waals surface area contributed by atoms with Crippen LogP contribution < -0.4 is 15.9 Å². The summed E-state index contributed by atoms with van der Waals surface area (Å²) in [6, 6.07) is 11.5. The first kappa shape index (κ1) is 25.3. The second-order valence-corrected chi connectivity index (χ2v) is 10.3. The van der Waals surface area contributed by atoms with Crippen molar-refractivity contribution in [2.75, 3.05) is 18.0 Å². The molecule has 1 atom stereocenters. The Morgan fingerprint density at radius 1 is 1.28 bits per heavy atom. The van der Waals surface area contributed by atoms with Gasteiger partial charge in [0.05, 0.1) is 23.9 Å². The minimum atomic E-state index is -0.564. The van der Waals surface area contributed by atoms with Gasteiger partial charge in [0.25, 0.3) is 0 Å². The number of hydrogen-bond acceptors (Lipinski definition) is 6. The number of pyridine rings is 1. The molecule has 1 aliphatic rings. The van der Waals surface area contributed by atoms with Gasteiger partial charge in [-0.05, 0) is 65.2 Å². The van der Waals surface area contributed by atoms with Crippen molar-refractivity contribution in [2.45, 2.75) is 72.2 Å². The maximum Gasteiger partial charge on any atom is 0.407 e. The van der Waals surface area contributed by atoms with Crippen LogP contribution in [0, 0.1) is 18.3 Å². The number of carbonyl (C=O) groups is 1. The second-order valence-electron chi connectivity index (χ2n) is 10.3. The van der Waals surface area contributed by atoms with Crippen LogP contribution in [0.5, 0.6) is 0 Å². The molecule has 1 unspecified atom stereocenters. The number of aryl methyl sites for hydroxylation is 2. The molecule has 2 aromatic heterocycles. The highest BCUT2D eigenvalue weighted by Gasteiger charge is 2.28. The van der Waals surface area contributed by atoms with Crippen LogP contribution in [0.1, 0.15) is 57.4 Å². The smallest absolute Gasteiger partial charge is 0.407 e. The lowest BCUT2D eigenvalue weighted by Crippen LogP contribution is -2.49. The minimum absolute atomic E-state index is 0.0788. The molecule has 4 rings (SSSR count). The molecule has 0 spiro atoms. The Morgan fingerprint density at radius 2 is 2.03 bits per heavy atom. The maximum atomic E-state index is 13.5. The van der Waals surface area contributed by atoms with E-state index in [1.165, 1.54) is 0 Å². The normalized spacial score (nSPS) is 16.1. The number of nitrogens with zero attached hydrogens (tertiary/aromatic N) is 5. The van der Waals surface area contributed by atoms with Crippen molar-refractivity contribution in [3.63, 3.8) is 0 Å². The molecule has 36 heavy (non-hydrogen) atoms. The van der Waals surface area contributed by atoms with Gasteiger partial charge in [0.1, 0.15) is 11.1 Å². The van der Waals surface area contributed by atoms with Gasteiger partial charge in [-0.25, -0.2) is 14.6 Å². The van der Waals surface area contributed by atoms with Crippen molar-refractivity contribution in [3.8, 4) is 6.07 Å². The second kappa shape index (κ2) is 10.1. The molecule has 1 aromatic carbocycles.